The van der Waals surface area contributed by atoms with E-state index in [-0.39, 0.29) is 18.7 Å². The van der Waals surface area contributed by atoms with Gasteiger partial charge in [-0.15, -0.1) is 0 Å². The maximum atomic E-state index is 13.0. The summed E-state index contributed by atoms with van der Waals surface area (Å²) >= 11 is 0. The van der Waals surface area contributed by atoms with Crippen molar-refractivity contribution >= 4 is 29.4 Å². The molecule has 4 rings (SSSR count). The number of carbonyl (C=O) groups excluding carboxylic acids is 4. The molecule has 1 aliphatic heterocycles. The molecule has 1 unspecified atom stereocenters. The average molecular weight is 462 g/mol. The van der Waals surface area contributed by atoms with Crippen molar-refractivity contribution in [3.8, 4) is 0 Å². The van der Waals surface area contributed by atoms with Gasteiger partial charge in [-0.3, -0.25) is 9.59 Å². The van der Waals surface area contributed by atoms with E-state index in [4.69, 9.17) is 9.15 Å². The summed E-state index contributed by atoms with van der Waals surface area (Å²) in [7, 11) is 1.28. The molecule has 1 N–H and O–H groups in total. The van der Waals surface area contributed by atoms with Crippen LogP contribution in [-0.4, -0.2) is 48.4 Å². The van der Waals surface area contributed by atoms with Gasteiger partial charge in [0, 0.05) is 18.7 Å². The summed E-state index contributed by atoms with van der Waals surface area (Å²) in [4.78, 5) is 51.1. The predicted molar refractivity (Wildman–Crippen MR) is 120 cm³/mol. The largest absolute Gasteiger partial charge is 0.465 e. The fraction of sp³-hybridized carbons (Fsp3) is 0.200. The van der Waals surface area contributed by atoms with Crippen molar-refractivity contribution in [3.05, 3.63) is 89.4 Å². The molecule has 2 heterocycles. The second-order valence-corrected chi connectivity index (χ2v) is 7.62. The van der Waals surface area contributed by atoms with Gasteiger partial charge in [-0.25, -0.2) is 9.59 Å². The first kappa shape index (κ1) is 22.8. The van der Waals surface area contributed by atoms with Gasteiger partial charge in [0.05, 0.1) is 18.9 Å². The summed E-state index contributed by atoms with van der Waals surface area (Å²) in [5, 5.41) is 2.59. The number of ether oxygens (including phenoxy) is 2. The first-order valence-corrected chi connectivity index (χ1v) is 10.5. The van der Waals surface area contributed by atoms with Crippen molar-refractivity contribution in [2.75, 3.05) is 19.0 Å². The fourth-order valence-electron chi connectivity index (χ4n) is 3.73. The second-order valence-electron chi connectivity index (χ2n) is 7.62. The fourth-order valence-corrected chi connectivity index (χ4v) is 3.73. The highest BCUT2D eigenvalue weighted by atomic mass is 16.5. The molecule has 1 aliphatic rings. The lowest BCUT2D eigenvalue weighted by atomic mass is 9.93. The summed E-state index contributed by atoms with van der Waals surface area (Å²) in [6.45, 7) is -0.313. The molecule has 0 spiro atoms. The lowest BCUT2D eigenvalue weighted by molar-refractivity contribution is -0.152. The number of rotatable bonds is 6. The number of nitrogens with one attached hydrogen (secondary N) is 1. The SMILES string of the molecule is COC(=O)c1ccc(NC(=O)COC(=O)C2Cc3ccccc3CN2C(=O)c2ccco2)cc1. The Bertz CT molecular complexity index is 1200. The molecule has 0 aliphatic carbocycles. The molecule has 2 amide bonds. The average Bonchev–Trinajstić information content (AvgIpc) is 3.41. The van der Waals surface area contributed by atoms with E-state index in [9.17, 15) is 19.2 Å². The van der Waals surface area contributed by atoms with Crippen LogP contribution in [0.5, 0.6) is 0 Å². The Labute approximate surface area is 195 Å². The van der Waals surface area contributed by atoms with E-state index in [2.05, 4.69) is 10.1 Å². The number of methoxy groups -OCH3 is 1. The number of hydrogen-bond acceptors (Lipinski definition) is 7. The Morgan fingerprint density at radius 2 is 1.74 bits per heavy atom. The smallest absolute Gasteiger partial charge is 0.337 e. The van der Waals surface area contributed by atoms with Gasteiger partial charge in [-0.2, -0.15) is 0 Å². The summed E-state index contributed by atoms with van der Waals surface area (Å²) in [5.41, 5.74) is 2.63. The number of hydrogen-bond donors (Lipinski definition) is 1. The monoisotopic (exact) mass is 462 g/mol. The van der Waals surface area contributed by atoms with Crippen LogP contribution in [0.4, 0.5) is 5.69 Å². The quantitative estimate of drug-likeness (QED) is 0.560. The van der Waals surface area contributed by atoms with E-state index in [0.29, 0.717) is 11.3 Å². The number of furan rings is 1. The van der Waals surface area contributed by atoms with Crippen LogP contribution in [-0.2, 0) is 32.0 Å². The Kier molecular flexibility index (Phi) is 6.72. The van der Waals surface area contributed by atoms with Crippen molar-refractivity contribution < 1.29 is 33.1 Å². The van der Waals surface area contributed by atoms with Gasteiger partial charge >= 0.3 is 11.9 Å². The molecule has 1 aromatic heterocycles. The zero-order chi connectivity index (χ0) is 24.1. The van der Waals surface area contributed by atoms with Crippen LogP contribution in [0.3, 0.4) is 0 Å². The number of amides is 2. The zero-order valence-electron chi connectivity index (χ0n) is 18.4. The van der Waals surface area contributed by atoms with Crippen LogP contribution < -0.4 is 5.32 Å². The van der Waals surface area contributed by atoms with Crippen LogP contribution in [0, 0.1) is 0 Å². The maximum absolute atomic E-state index is 13.0. The van der Waals surface area contributed by atoms with Gasteiger partial charge in [0.25, 0.3) is 11.8 Å². The third-order valence-corrected chi connectivity index (χ3v) is 5.45. The lowest BCUT2D eigenvalue weighted by Crippen LogP contribution is -2.49. The van der Waals surface area contributed by atoms with E-state index in [1.165, 1.54) is 48.6 Å². The molecule has 9 heteroatoms. The molecule has 9 nitrogen and oxygen atoms in total. The molecule has 0 saturated carbocycles. The molecule has 1 atom stereocenters. The van der Waals surface area contributed by atoms with Gasteiger partial charge < -0.3 is 24.1 Å². The van der Waals surface area contributed by atoms with Gasteiger partial charge in [0.1, 0.15) is 6.04 Å². The maximum Gasteiger partial charge on any atom is 0.337 e. The van der Waals surface area contributed by atoms with Crippen LogP contribution in [0.2, 0.25) is 0 Å². The molecule has 0 bridgehead atoms. The number of benzene rings is 2. The minimum atomic E-state index is -0.903. The van der Waals surface area contributed by atoms with E-state index in [1.54, 1.807) is 6.07 Å². The zero-order valence-corrected chi connectivity index (χ0v) is 18.4. The topological polar surface area (TPSA) is 115 Å². The van der Waals surface area contributed by atoms with Crippen LogP contribution in [0.15, 0.2) is 71.3 Å². The minimum Gasteiger partial charge on any atom is -0.465 e. The normalized spacial score (nSPS) is 14.6. The van der Waals surface area contributed by atoms with Crippen molar-refractivity contribution in [2.24, 2.45) is 0 Å². The Balaban J connectivity index is 1.41. The van der Waals surface area contributed by atoms with Crippen molar-refractivity contribution in [3.63, 3.8) is 0 Å². The first-order valence-electron chi connectivity index (χ1n) is 10.5. The standard InChI is InChI=1S/C25H22N2O7/c1-32-24(30)16-8-10-19(11-9-16)26-22(28)15-34-25(31)20-13-17-5-2-3-6-18(17)14-27(20)23(29)21-7-4-12-33-21/h2-12,20H,13-15H2,1H3,(H,26,28). The van der Waals surface area contributed by atoms with E-state index < -0.39 is 36.4 Å². The lowest BCUT2D eigenvalue weighted by Gasteiger charge is -2.34. The molecule has 3 aromatic rings. The highest BCUT2D eigenvalue weighted by Gasteiger charge is 2.37. The number of esters is 2. The van der Waals surface area contributed by atoms with Gasteiger partial charge in [-0.1, -0.05) is 24.3 Å². The third-order valence-electron chi connectivity index (χ3n) is 5.45. The molecule has 0 saturated heterocycles. The predicted octanol–water partition coefficient (Wildman–Crippen LogP) is 2.82. The molecule has 0 fully saturated rings. The van der Waals surface area contributed by atoms with Crippen LogP contribution in [0.1, 0.15) is 32.0 Å². The number of carbonyl (C=O) groups is 4. The first-order chi connectivity index (χ1) is 16.5. The van der Waals surface area contributed by atoms with E-state index in [0.717, 1.165) is 11.1 Å². The Morgan fingerprint density at radius 1 is 1.00 bits per heavy atom. The van der Waals surface area contributed by atoms with Gasteiger partial charge in [0.15, 0.2) is 12.4 Å². The Morgan fingerprint density at radius 3 is 2.41 bits per heavy atom. The summed E-state index contributed by atoms with van der Waals surface area (Å²) < 4.78 is 15.1. The summed E-state index contributed by atoms with van der Waals surface area (Å²) in [6.07, 6.45) is 1.65. The number of fused-ring (bicyclic) bond motifs is 1. The number of nitrogens with zero attached hydrogens (tertiary/aromatic N) is 1. The van der Waals surface area contributed by atoms with Crippen molar-refractivity contribution in [1.29, 1.82) is 0 Å². The molecular weight excluding hydrogens is 440 g/mol. The Hall–Kier alpha value is -4.40. The molecular formula is C25H22N2O7. The summed E-state index contributed by atoms with van der Waals surface area (Å²) in [5.74, 6) is -2.05. The number of anilines is 1. The van der Waals surface area contributed by atoms with Crippen LogP contribution in [0.25, 0.3) is 0 Å². The molecule has 2 aromatic carbocycles. The highest BCUT2D eigenvalue weighted by molar-refractivity contribution is 5.97. The highest BCUT2D eigenvalue weighted by Crippen LogP contribution is 2.26. The second kappa shape index (κ2) is 10.0. The third kappa shape index (κ3) is 4.98. The van der Waals surface area contributed by atoms with Crippen molar-refractivity contribution in [1.82, 2.24) is 4.90 Å². The van der Waals surface area contributed by atoms with Gasteiger partial charge in [0.2, 0.25) is 0 Å². The minimum absolute atomic E-state index is 0.116. The molecule has 174 valence electrons. The van der Waals surface area contributed by atoms with Gasteiger partial charge in [-0.05, 0) is 47.5 Å². The van der Waals surface area contributed by atoms with E-state index >= 15 is 0 Å². The van der Waals surface area contributed by atoms with E-state index in [1.807, 2.05) is 24.3 Å². The van der Waals surface area contributed by atoms with Crippen molar-refractivity contribution in [2.45, 2.75) is 19.0 Å². The van der Waals surface area contributed by atoms with Crippen LogP contribution >= 0.6 is 0 Å². The molecule has 0 radical (unpaired) electrons. The summed E-state index contributed by atoms with van der Waals surface area (Å²) in [6, 6.07) is 15.8. The molecule has 34 heavy (non-hydrogen) atoms.